The molecule has 3 aromatic rings. The van der Waals surface area contributed by atoms with Gasteiger partial charge >= 0.3 is 0 Å². The summed E-state index contributed by atoms with van der Waals surface area (Å²) in [5, 5.41) is 22.8. The molecule has 1 aliphatic rings. The molecule has 0 unspecified atom stereocenters. The molecule has 3 N–H and O–H groups in total. The predicted molar refractivity (Wildman–Crippen MR) is 132 cm³/mol. The van der Waals surface area contributed by atoms with Gasteiger partial charge in [0.05, 0.1) is 30.9 Å². The second-order valence-corrected chi connectivity index (χ2v) is 8.55. The molecule has 0 bridgehead atoms. The number of hydrogen-bond donors (Lipinski definition) is 3. The van der Waals surface area contributed by atoms with Gasteiger partial charge in [-0.05, 0) is 61.4 Å². The van der Waals surface area contributed by atoms with Crippen molar-refractivity contribution >= 4 is 16.8 Å². The molecular formula is C28H29N3O3. The van der Waals surface area contributed by atoms with Crippen molar-refractivity contribution in [1.29, 1.82) is 5.26 Å². The van der Waals surface area contributed by atoms with Crippen LogP contribution in [0.15, 0.2) is 42.6 Å². The van der Waals surface area contributed by atoms with Crippen LogP contribution < -0.4 is 10.1 Å². The van der Waals surface area contributed by atoms with Gasteiger partial charge in [-0.2, -0.15) is 5.26 Å². The maximum atomic E-state index is 13.4. The van der Waals surface area contributed by atoms with E-state index in [1.54, 1.807) is 6.07 Å². The Bertz CT molecular complexity index is 1260. The van der Waals surface area contributed by atoms with Crippen molar-refractivity contribution in [3.63, 3.8) is 0 Å². The van der Waals surface area contributed by atoms with Gasteiger partial charge in [-0.15, -0.1) is 0 Å². The van der Waals surface area contributed by atoms with Crippen molar-refractivity contribution in [3.8, 4) is 23.7 Å². The quantitative estimate of drug-likeness (QED) is 0.366. The number of aryl methyl sites for hydroxylation is 1. The Morgan fingerprint density at radius 1 is 1.24 bits per heavy atom. The first-order chi connectivity index (χ1) is 16.7. The molecule has 0 saturated carbocycles. The smallest absolute Gasteiger partial charge is 0.255 e. The Labute approximate surface area is 199 Å². The summed E-state index contributed by atoms with van der Waals surface area (Å²) in [6.45, 7) is 0.401. The standard InChI is InChI=1S/C28H29N3O3/c29-13-7-2-1-3-9-20-15-21-10-6-8-14-34-27(21)25(16-20)28(33)31-23(19-32)17-22-18-30-26-12-5-4-11-24(22)26/h4-5,11-12,15-16,18,23,30,32H,1-2,6-8,10,14,17,19H2,(H,31,33)/t23-/m1/s1. The summed E-state index contributed by atoms with van der Waals surface area (Å²) in [6.07, 6.45) is 7.05. The van der Waals surface area contributed by atoms with Gasteiger partial charge in [0, 0.05) is 35.5 Å². The number of carbonyl (C=O) groups excluding carboxylic acids is 1. The van der Waals surface area contributed by atoms with E-state index in [9.17, 15) is 9.90 Å². The highest BCUT2D eigenvalue weighted by Gasteiger charge is 2.22. The second-order valence-electron chi connectivity index (χ2n) is 8.55. The number of unbranched alkanes of at least 4 members (excludes halogenated alkanes) is 2. The Morgan fingerprint density at radius 2 is 2.12 bits per heavy atom. The molecule has 6 heteroatoms. The lowest BCUT2D eigenvalue weighted by molar-refractivity contribution is 0.0912. The van der Waals surface area contributed by atoms with Crippen LogP contribution in [0.5, 0.6) is 5.75 Å². The minimum atomic E-state index is -0.436. The van der Waals surface area contributed by atoms with Crippen molar-refractivity contribution in [1.82, 2.24) is 10.3 Å². The Morgan fingerprint density at radius 3 is 2.97 bits per heavy atom. The minimum absolute atomic E-state index is 0.174. The monoisotopic (exact) mass is 455 g/mol. The highest BCUT2D eigenvalue weighted by atomic mass is 16.5. The molecule has 4 rings (SSSR count). The number of fused-ring (bicyclic) bond motifs is 2. The predicted octanol–water partition coefficient (Wildman–Crippen LogP) is 4.26. The van der Waals surface area contributed by atoms with E-state index in [0.717, 1.165) is 53.3 Å². The van der Waals surface area contributed by atoms with Crippen LogP contribution in [0.25, 0.3) is 10.9 Å². The van der Waals surface area contributed by atoms with Crippen molar-refractivity contribution in [3.05, 3.63) is 64.8 Å². The number of nitrogens with zero attached hydrogens (tertiary/aromatic N) is 1. The number of ether oxygens (including phenoxy) is 1. The van der Waals surface area contributed by atoms with Gasteiger partial charge in [-0.3, -0.25) is 4.79 Å². The van der Waals surface area contributed by atoms with Crippen LogP contribution in [0.4, 0.5) is 0 Å². The zero-order chi connectivity index (χ0) is 23.8. The SMILES string of the molecule is N#CCCCC#Cc1cc2c(c(C(=O)N[C@@H](CO)Cc3c[nH]c4ccccc34)c1)OCCCC2. The summed E-state index contributed by atoms with van der Waals surface area (Å²) in [6, 6.07) is 13.5. The number of hydrogen-bond acceptors (Lipinski definition) is 4. The van der Waals surface area contributed by atoms with Crippen LogP contribution in [0, 0.1) is 23.2 Å². The van der Waals surface area contributed by atoms with Crippen molar-refractivity contribution in [2.75, 3.05) is 13.2 Å². The van der Waals surface area contributed by atoms with Crippen molar-refractivity contribution in [2.45, 2.75) is 51.0 Å². The molecule has 0 fully saturated rings. The molecule has 0 radical (unpaired) electrons. The third kappa shape index (κ3) is 5.60. The summed E-state index contributed by atoms with van der Waals surface area (Å²) in [5.41, 5.74) is 4.28. The number of aliphatic hydroxyl groups is 1. The first-order valence-electron chi connectivity index (χ1n) is 11.8. The topological polar surface area (TPSA) is 98.1 Å². The van der Waals surface area contributed by atoms with E-state index in [0.29, 0.717) is 37.2 Å². The molecule has 1 atom stereocenters. The van der Waals surface area contributed by atoms with Gasteiger partial charge in [0.15, 0.2) is 0 Å². The molecule has 0 aliphatic carbocycles. The summed E-state index contributed by atoms with van der Waals surface area (Å²) in [4.78, 5) is 16.6. The van der Waals surface area contributed by atoms with E-state index < -0.39 is 6.04 Å². The van der Waals surface area contributed by atoms with Crippen LogP contribution in [-0.2, 0) is 12.8 Å². The van der Waals surface area contributed by atoms with Gasteiger partial charge < -0.3 is 20.1 Å². The lowest BCUT2D eigenvalue weighted by Crippen LogP contribution is -2.39. The molecule has 34 heavy (non-hydrogen) atoms. The fourth-order valence-corrected chi connectivity index (χ4v) is 4.29. The number of para-hydroxylation sites is 1. The van der Waals surface area contributed by atoms with E-state index in [2.05, 4.69) is 28.2 Å². The minimum Gasteiger partial charge on any atom is -0.492 e. The number of carbonyl (C=O) groups is 1. The summed E-state index contributed by atoms with van der Waals surface area (Å²) in [5.74, 6) is 6.60. The Balaban J connectivity index is 1.56. The number of benzene rings is 2. The number of amides is 1. The van der Waals surface area contributed by atoms with Gasteiger partial charge in [0.25, 0.3) is 5.91 Å². The molecule has 2 aromatic carbocycles. The van der Waals surface area contributed by atoms with Crippen LogP contribution in [-0.4, -0.2) is 35.3 Å². The van der Waals surface area contributed by atoms with Crippen LogP contribution in [0.3, 0.4) is 0 Å². The third-order valence-corrected chi connectivity index (χ3v) is 6.02. The van der Waals surface area contributed by atoms with Crippen LogP contribution in [0.1, 0.15) is 59.2 Å². The summed E-state index contributed by atoms with van der Waals surface area (Å²) in [7, 11) is 0. The largest absolute Gasteiger partial charge is 0.492 e. The molecule has 174 valence electrons. The lowest BCUT2D eigenvalue weighted by Gasteiger charge is -2.19. The summed E-state index contributed by atoms with van der Waals surface area (Å²) >= 11 is 0. The van der Waals surface area contributed by atoms with Gasteiger partial charge in [-0.25, -0.2) is 0 Å². The number of rotatable bonds is 7. The average molecular weight is 456 g/mol. The number of aromatic amines is 1. The van der Waals surface area contributed by atoms with Crippen LogP contribution >= 0.6 is 0 Å². The normalized spacial score (nSPS) is 13.5. The molecule has 1 aromatic heterocycles. The van der Waals surface area contributed by atoms with E-state index >= 15 is 0 Å². The summed E-state index contributed by atoms with van der Waals surface area (Å²) < 4.78 is 5.98. The average Bonchev–Trinajstić information content (AvgIpc) is 3.10. The highest BCUT2D eigenvalue weighted by Crippen LogP contribution is 2.30. The van der Waals surface area contributed by atoms with E-state index in [4.69, 9.17) is 10.00 Å². The first-order valence-corrected chi connectivity index (χ1v) is 11.8. The van der Waals surface area contributed by atoms with E-state index in [-0.39, 0.29) is 12.5 Å². The fourth-order valence-electron chi connectivity index (χ4n) is 4.29. The maximum Gasteiger partial charge on any atom is 0.255 e. The maximum absolute atomic E-state index is 13.4. The molecule has 0 spiro atoms. The van der Waals surface area contributed by atoms with Crippen LogP contribution in [0.2, 0.25) is 0 Å². The number of nitriles is 1. The van der Waals surface area contributed by atoms with Gasteiger partial charge in [0.2, 0.25) is 0 Å². The zero-order valence-corrected chi connectivity index (χ0v) is 19.2. The zero-order valence-electron chi connectivity index (χ0n) is 19.2. The van der Waals surface area contributed by atoms with Gasteiger partial charge in [-0.1, -0.05) is 30.0 Å². The Hall–Kier alpha value is -3.74. The van der Waals surface area contributed by atoms with Gasteiger partial charge in [0.1, 0.15) is 5.75 Å². The van der Waals surface area contributed by atoms with E-state index in [1.807, 2.05) is 36.5 Å². The van der Waals surface area contributed by atoms with Crippen molar-refractivity contribution in [2.24, 2.45) is 0 Å². The Kier molecular flexibility index (Phi) is 7.86. The molecule has 2 heterocycles. The third-order valence-electron chi connectivity index (χ3n) is 6.02. The number of aliphatic hydroxyl groups excluding tert-OH is 1. The molecular weight excluding hydrogens is 426 g/mol. The molecule has 6 nitrogen and oxygen atoms in total. The van der Waals surface area contributed by atoms with Crippen molar-refractivity contribution < 1.29 is 14.6 Å². The first kappa shape index (κ1) is 23.4. The fraction of sp³-hybridized carbons (Fsp3) is 0.357. The molecule has 1 aliphatic heterocycles. The van der Waals surface area contributed by atoms with E-state index in [1.165, 1.54) is 0 Å². The molecule has 1 amide bonds. The number of H-pyrrole nitrogens is 1. The number of aromatic nitrogens is 1. The highest BCUT2D eigenvalue weighted by molar-refractivity contribution is 5.98. The molecule has 0 saturated heterocycles. The lowest BCUT2D eigenvalue weighted by atomic mass is 9.99. The number of nitrogens with one attached hydrogen (secondary N) is 2. The second kappa shape index (κ2) is 11.4.